The molecule has 0 spiro atoms. The molecule has 0 aliphatic carbocycles. The Morgan fingerprint density at radius 3 is 2.29 bits per heavy atom. The van der Waals surface area contributed by atoms with Gasteiger partial charge in [0.25, 0.3) is 5.91 Å². The van der Waals surface area contributed by atoms with E-state index in [2.05, 4.69) is 22.8 Å². The van der Waals surface area contributed by atoms with Gasteiger partial charge in [-0.25, -0.2) is 0 Å². The van der Waals surface area contributed by atoms with Crippen molar-refractivity contribution in [1.82, 2.24) is 14.4 Å². The summed E-state index contributed by atoms with van der Waals surface area (Å²) in [5.74, 6) is -0.287. The number of rotatable bonds is 5. The summed E-state index contributed by atoms with van der Waals surface area (Å²) in [6.07, 6.45) is 1.97. The fourth-order valence-electron chi connectivity index (χ4n) is 3.83. The Hall–Kier alpha value is -3.12. The van der Waals surface area contributed by atoms with E-state index in [1.165, 1.54) is 5.56 Å². The molecular weight excluding hydrogens is 352 g/mol. The van der Waals surface area contributed by atoms with Crippen LogP contribution in [0.4, 0.5) is 0 Å². The lowest BCUT2D eigenvalue weighted by Gasteiger charge is -2.33. The number of amides is 2. The zero-order valence-corrected chi connectivity index (χ0v) is 15.8. The largest absolute Gasteiger partial charge is 0.369 e. The summed E-state index contributed by atoms with van der Waals surface area (Å²) >= 11 is 0. The van der Waals surface area contributed by atoms with Gasteiger partial charge in [-0.2, -0.15) is 0 Å². The standard InChI is InChI=1S/C22H24N4O2/c23-21(27)16-24-10-12-25(13-11-24)22(28)19-15-26(14-17-6-2-1-3-7-17)20-9-5-4-8-18(19)20/h1-9,15H,10-14,16H2,(H2,23,27). The summed E-state index contributed by atoms with van der Waals surface area (Å²) in [6, 6.07) is 18.3. The van der Waals surface area contributed by atoms with Crippen LogP contribution in [0.15, 0.2) is 60.8 Å². The first-order valence-electron chi connectivity index (χ1n) is 9.53. The van der Waals surface area contributed by atoms with Crippen molar-refractivity contribution in [2.24, 2.45) is 5.73 Å². The molecule has 144 valence electrons. The summed E-state index contributed by atoms with van der Waals surface area (Å²) in [6.45, 7) is 3.50. The van der Waals surface area contributed by atoms with Gasteiger partial charge in [0, 0.05) is 49.8 Å². The molecule has 1 saturated heterocycles. The molecule has 1 aliphatic heterocycles. The van der Waals surface area contributed by atoms with Crippen LogP contribution in [0.2, 0.25) is 0 Å². The average Bonchev–Trinajstić information content (AvgIpc) is 3.07. The van der Waals surface area contributed by atoms with Crippen LogP contribution in [0.25, 0.3) is 10.9 Å². The summed E-state index contributed by atoms with van der Waals surface area (Å²) in [5, 5.41) is 0.975. The minimum Gasteiger partial charge on any atom is -0.369 e. The van der Waals surface area contributed by atoms with Gasteiger partial charge >= 0.3 is 0 Å². The van der Waals surface area contributed by atoms with Crippen LogP contribution in [-0.4, -0.2) is 58.9 Å². The van der Waals surface area contributed by atoms with Gasteiger partial charge in [0.2, 0.25) is 5.91 Å². The van der Waals surface area contributed by atoms with Crippen molar-refractivity contribution in [3.63, 3.8) is 0 Å². The number of carbonyl (C=O) groups excluding carboxylic acids is 2. The predicted octanol–water partition coefficient (Wildman–Crippen LogP) is 1.93. The van der Waals surface area contributed by atoms with Crippen molar-refractivity contribution in [2.75, 3.05) is 32.7 Å². The molecule has 0 unspecified atom stereocenters. The Kier molecular flexibility index (Phi) is 5.12. The Morgan fingerprint density at radius 2 is 1.57 bits per heavy atom. The van der Waals surface area contributed by atoms with E-state index in [-0.39, 0.29) is 18.4 Å². The smallest absolute Gasteiger partial charge is 0.256 e. The molecule has 2 aromatic carbocycles. The topological polar surface area (TPSA) is 71.6 Å². The van der Waals surface area contributed by atoms with Crippen molar-refractivity contribution in [1.29, 1.82) is 0 Å². The van der Waals surface area contributed by atoms with Gasteiger partial charge in [0.05, 0.1) is 12.1 Å². The third-order valence-corrected chi connectivity index (χ3v) is 5.25. The number of hydrogen-bond donors (Lipinski definition) is 1. The maximum Gasteiger partial charge on any atom is 0.256 e. The number of primary amides is 1. The van der Waals surface area contributed by atoms with Crippen LogP contribution >= 0.6 is 0 Å². The number of aromatic nitrogens is 1. The highest BCUT2D eigenvalue weighted by Crippen LogP contribution is 2.24. The highest BCUT2D eigenvalue weighted by Gasteiger charge is 2.25. The van der Waals surface area contributed by atoms with E-state index in [0.717, 1.165) is 23.0 Å². The van der Waals surface area contributed by atoms with Crippen LogP contribution < -0.4 is 5.73 Å². The number of benzene rings is 2. The average molecular weight is 376 g/mol. The second-order valence-corrected chi connectivity index (χ2v) is 7.21. The molecule has 4 rings (SSSR count). The molecule has 2 heterocycles. The number of nitrogens with zero attached hydrogens (tertiary/aromatic N) is 3. The van der Waals surface area contributed by atoms with Gasteiger partial charge < -0.3 is 15.2 Å². The van der Waals surface area contributed by atoms with Gasteiger partial charge in [0.1, 0.15) is 0 Å². The number of fused-ring (bicyclic) bond motifs is 1. The molecule has 0 bridgehead atoms. The zero-order chi connectivity index (χ0) is 19.5. The maximum atomic E-state index is 13.2. The van der Waals surface area contributed by atoms with Gasteiger partial charge in [0.15, 0.2) is 0 Å². The number of hydrogen-bond acceptors (Lipinski definition) is 3. The van der Waals surface area contributed by atoms with E-state index in [1.54, 1.807) is 0 Å². The molecule has 6 nitrogen and oxygen atoms in total. The van der Waals surface area contributed by atoms with E-state index in [9.17, 15) is 9.59 Å². The van der Waals surface area contributed by atoms with E-state index < -0.39 is 0 Å². The van der Waals surface area contributed by atoms with Crippen LogP contribution in [0.3, 0.4) is 0 Å². The van der Waals surface area contributed by atoms with Crippen molar-refractivity contribution >= 4 is 22.7 Å². The van der Waals surface area contributed by atoms with E-state index in [0.29, 0.717) is 26.2 Å². The highest BCUT2D eigenvalue weighted by molar-refractivity contribution is 6.07. The Balaban J connectivity index is 1.57. The minimum atomic E-state index is -0.330. The summed E-state index contributed by atoms with van der Waals surface area (Å²) in [7, 11) is 0. The van der Waals surface area contributed by atoms with Gasteiger partial charge in [-0.05, 0) is 11.6 Å². The first-order valence-corrected chi connectivity index (χ1v) is 9.53. The summed E-state index contributed by atoms with van der Waals surface area (Å²) in [4.78, 5) is 28.2. The number of piperazine rings is 1. The third kappa shape index (κ3) is 3.77. The molecule has 1 aromatic heterocycles. The lowest BCUT2D eigenvalue weighted by molar-refractivity contribution is -0.119. The lowest BCUT2D eigenvalue weighted by atomic mass is 10.1. The van der Waals surface area contributed by atoms with E-state index in [4.69, 9.17) is 5.73 Å². The maximum absolute atomic E-state index is 13.2. The van der Waals surface area contributed by atoms with Crippen LogP contribution in [0.5, 0.6) is 0 Å². The second kappa shape index (κ2) is 7.86. The Labute approximate surface area is 164 Å². The summed E-state index contributed by atoms with van der Waals surface area (Å²) < 4.78 is 2.14. The molecule has 28 heavy (non-hydrogen) atoms. The molecule has 0 saturated carbocycles. The fraction of sp³-hybridized carbons (Fsp3) is 0.273. The monoisotopic (exact) mass is 376 g/mol. The van der Waals surface area contributed by atoms with Crippen molar-refractivity contribution < 1.29 is 9.59 Å². The lowest BCUT2D eigenvalue weighted by Crippen LogP contribution is -2.50. The zero-order valence-electron chi connectivity index (χ0n) is 15.8. The van der Waals surface area contributed by atoms with Gasteiger partial charge in [-0.15, -0.1) is 0 Å². The number of carbonyl (C=O) groups is 2. The SMILES string of the molecule is NC(=O)CN1CCN(C(=O)c2cn(Cc3ccccc3)c3ccccc23)CC1. The minimum absolute atomic E-state index is 0.0433. The van der Waals surface area contributed by atoms with Crippen LogP contribution in [0, 0.1) is 0 Å². The molecule has 0 radical (unpaired) electrons. The molecule has 2 amide bonds. The quantitative estimate of drug-likeness (QED) is 0.740. The molecule has 1 aliphatic rings. The molecule has 0 atom stereocenters. The van der Waals surface area contributed by atoms with E-state index >= 15 is 0 Å². The fourth-order valence-corrected chi connectivity index (χ4v) is 3.83. The van der Waals surface area contributed by atoms with Crippen molar-refractivity contribution in [3.05, 3.63) is 71.9 Å². The van der Waals surface area contributed by atoms with Crippen molar-refractivity contribution in [2.45, 2.75) is 6.54 Å². The predicted molar refractivity (Wildman–Crippen MR) is 109 cm³/mol. The molecule has 6 heteroatoms. The number of nitrogens with two attached hydrogens (primary N) is 1. The summed E-state index contributed by atoms with van der Waals surface area (Å²) in [5.41, 5.74) is 8.26. The van der Waals surface area contributed by atoms with Gasteiger partial charge in [-0.1, -0.05) is 48.5 Å². The molecular formula is C22H24N4O2. The molecule has 1 fully saturated rings. The molecule has 3 aromatic rings. The number of para-hydroxylation sites is 1. The Bertz CT molecular complexity index is 988. The van der Waals surface area contributed by atoms with Gasteiger partial charge in [-0.3, -0.25) is 14.5 Å². The van der Waals surface area contributed by atoms with E-state index in [1.807, 2.05) is 52.4 Å². The van der Waals surface area contributed by atoms with Crippen LogP contribution in [0.1, 0.15) is 15.9 Å². The first kappa shape index (κ1) is 18.3. The molecule has 2 N–H and O–H groups in total. The normalized spacial score (nSPS) is 15.1. The van der Waals surface area contributed by atoms with Crippen molar-refractivity contribution in [3.8, 4) is 0 Å². The third-order valence-electron chi connectivity index (χ3n) is 5.25. The second-order valence-electron chi connectivity index (χ2n) is 7.21. The highest BCUT2D eigenvalue weighted by atomic mass is 16.2. The Morgan fingerprint density at radius 1 is 0.893 bits per heavy atom. The first-order chi connectivity index (χ1) is 13.6. The van der Waals surface area contributed by atoms with Crippen LogP contribution in [-0.2, 0) is 11.3 Å².